The maximum atomic E-state index is 5.66. The highest BCUT2D eigenvalue weighted by Gasteiger charge is 2.37. The highest BCUT2D eigenvalue weighted by Crippen LogP contribution is 2.30. The summed E-state index contributed by atoms with van der Waals surface area (Å²) >= 11 is 0. The van der Waals surface area contributed by atoms with Crippen LogP contribution in [0.25, 0.3) is 11.0 Å². The first-order valence-electron chi connectivity index (χ1n) is 6.28. The summed E-state index contributed by atoms with van der Waals surface area (Å²) in [4.78, 5) is 0. The van der Waals surface area contributed by atoms with Gasteiger partial charge in [-0.2, -0.15) is 4.68 Å². The van der Waals surface area contributed by atoms with Crippen molar-refractivity contribution in [1.29, 1.82) is 0 Å². The van der Waals surface area contributed by atoms with E-state index in [2.05, 4.69) is 10.3 Å². The number of rotatable bonds is 4. The molecular formula is C15H15N3O2. The molecule has 0 aliphatic rings. The molecule has 0 unspecified atom stereocenters. The molecule has 0 aliphatic carbocycles. The van der Waals surface area contributed by atoms with Crippen LogP contribution < -0.4 is 0 Å². The molecule has 5 nitrogen and oxygen atoms in total. The van der Waals surface area contributed by atoms with E-state index in [-0.39, 0.29) is 0 Å². The van der Waals surface area contributed by atoms with Crippen molar-refractivity contribution in [3.63, 3.8) is 0 Å². The average molecular weight is 269 g/mol. The number of nitrogens with zero attached hydrogens (tertiary/aromatic N) is 3. The molecule has 0 spiro atoms. The summed E-state index contributed by atoms with van der Waals surface area (Å²) in [5, 5.41) is 8.36. The lowest BCUT2D eigenvalue weighted by Gasteiger charge is -2.31. The van der Waals surface area contributed by atoms with Crippen LogP contribution in [-0.4, -0.2) is 29.2 Å². The summed E-state index contributed by atoms with van der Waals surface area (Å²) in [6.07, 6.45) is 0. The van der Waals surface area contributed by atoms with Crippen molar-refractivity contribution in [2.75, 3.05) is 14.2 Å². The van der Waals surface area contributed by atoms with E-state index in [9.17, 15) is 0 Å². The van der Waals surface area contributed by atoms with Crippen LogP contribution >= 0.6 is 0 Å². The smallest absolute Gasteiger partial charge is 0.300 e. The third kappa shape index (κ3) is 1.79. The van der Waals surface area contributed by atoms with E-state index in [1.807, 2.05) is 54.6 Å². The van der Waals surface area contributed by atoms with Gasteiger partial charge in [0.15, 0.2) is 0 Å². The van der Waals surface area contributed by atoms with Gasteiger partial charge in [0.1, 0.15) is 5.52 Å². The second-order valence-corrected chi connectivity index (χ2v) is 4.35. The number of benzene rings is 2. The SMILES string of the molecule is COC(OC)(c1ccccc1)n1nnc2ccccc21. The van der Waals surface area contributed by atoms with Gasteiger partial charge < -0.3 is 9.47 Å². The standard InChI is InChI=1S/C15H15N3O2/c1-19-15(20-2,12-8-4-3-5-9-12)18-14-11-7-6-10-13(14)16-17-18/h3-11H,1-2H3. The molecule has 0 radical (unpaired) electrons. The van der Waals surface area contributed by atoms with Crippen LogP contribution in [0.5, 0.6) is 0 Å². The lowest BCUT2D eigenvalue weighted by atomic mass is 10.1. The van der Waals surface area contributed by atoms with Gasteiger partial charge in [-0.3, -0.25) is 0 Å². The topological polar surface area (TPSA) is 49.2 Å². The van der Waals surface area contributed by atoms with Gasteiger partial charge in [0.25, 0.3) is 0 Å². The Bertz CT molecular complexity index is 705. The van der Waals surface area contributed by atoms with Crippen LogP contribution in [0.3, 0.4) is 0 Å². The van der Waals surface area contributed by atoms with Crippen molar-refractivity contribution < 1.29 is 9.47 Å². The molecule has 0 saturated heterocycles. The van der Waals surface area contributed by atoms with Gasteiger partial charge in [0.2, 0.25) is 0 Å². The van der Waals surface area contributed by atoms with E-state index >= 15 is 0 Å². The summed E-state index contributed by atoms with van der Waals surface area (Å²) in [6.45, 7) is 0. The third-order valence-corrected chi connectivity index (χ3v) is 3.32. The number of hydrogen-bond donors (Lipinski definition) is 0. The Balaban J connectivity index is 2.26. The normalized spacial score (nSPS) is 11.9. The monoisotopic (exact) mass is 269 g/mol. The van der Waals surface area contributed by atoms with E-state index in [0.29, 0.717) is 0 Å². The van der Waals surface area contributed by atoms with E-state index in [1.54, 1.807) is 18.9 Å². The summed E-state index contributed by atoms with van der Waals surface area (Å²) in [5.41, 5.74) is 2.49. The van der Waals surface area contributed by atoms with Crippen molar-refractivity contribution in [3.8, 4) is 0 Å². The number of methoxy groups -OCH3 is 2. The zero-order valence-corrected chi connectivity index (χ0v) is 11.4. The van der Waals surface area contributed by atoms with Crippen LogP contribution in [-0.2, 0) is 15.4 Å². The van der Waals surface area contributed by atoms with Gasteiger partial charge in [-0.25, -0.2) is 0 Å². The summed E-state index contributed by atoms with van der Waals surface area (Å²) < 4.78 is 13.0. The Hall–Kier alpha value is -2.24. The molecule has 0 fully saturated rings. The first kappa shape index (κ1) is 12.8. The van der Waals surface area contributed by atoms with Crippen LogP contribution in [0.4, 0.5) is 0 Å². The highest BCUT2D eigenvalue weighted by molar-refractivity contribution is 5.74. The predicted molar refractivity (Wildman–Crippen MR) is 75.1 cm³/mol. The Labute approximate surface area is 116 Å². The highest BCUT2D eigenvalue weighted by atomic mass is 16.7. The minimum absolute atomic E-state index is 0.793. The zero-order valence-electron chi connectivity index (χ0n) is 11.4. The molecule has 0 atom stereocenters. The van der Waals surface area contributed by atoms with Crippen molar-refractivity contribution in [2.45, 2.75) is 5.91 Å². The Morgan fingerprint density at radius 2 is 1.55 bits per heavy atom. The number of ether oxygens (including phenoxy) is 2. The van der Waals surface area contributed by atoms with Gasteiger partial charge in [-0.05, 0) is 12.1 Å². The molecule has 20 heavy (non-hydrogen) atoms. The van der Waals surface area contributed by atoms with E-state index < -0.39 is 5.91 Å². The maximum Gasteiger partial charge on any atom is 0.300 e. The average Bonchev–Trinajstić information content (AvgIpc) is 2.95. The first-order valence-corrected chi connectivity index (χ1v) is 6.28. The molecule has 3 aromatic rings. The number of aromatic nitrogens is 3. The molecule has 0 amide bonds. The van der Waals surface area contributed by atoms with Crippen molar-refractivity contribution in [3.05, 3.63) is 60.2 Å². The zero-order chi connectivity index (χ0) is 14.0. The second kappa shape index (κ2) is 5.03. The second-order valence-electron chi connectivity index (χ2n) is 4.35. The van der Waals surface area contributed by atoms with E-state index in [0.717, 1.165) is 16.6 Å². The molecule has 3 rings (SSSR count). The molecular weight excluding hydrogens is 254 g/mol. The van der Waals surface area contributed by atoms with E-state index in [4.69, 9.17) is 9.47 Å². The minimum atomic E-state index is -1.13. The Morgan fingerprint density at radius 3 is 2.25 bits per heavy atom. The van der Waals surface area contributed by atoms with Crippen LogP contribution in [0.2, 0.25) is 0 Å². The molecule has 0 saturated carbocycles. The largest absolute Gasteiger partial charge is 0.331 e. The fourth-order valence-corrected chi connectivity index (χ4v) is 2.35. The van der Waals surface area contributed by atoms with Crippen molar-refractivity contribution in [1.82, 2.24) is 15.0 Å². The quantitative estimate of drug-likeness (QED) is 0.682. The van der Waals surface area contributed by atoms with Crippen LogP contribution in [0.1, 0.15) is 5.56 Å². The molecule has 102 valence electrons. The molecule has 0 aliphatic heterocycles. The Kier molecular flexibility index (Phi) is 3.22. The van der Waals surface area contributed by atoms with Gasteiger partial charge >= 0.3 is 5.91 Å². The van der Waals surface area contributed by atoms with Crippen LogP contribution in [0.15, 0.2) is 54.6 Å². The molecule has 1 aromatic heterocycles. The number of fused-ring (bicyclic) bond motifs is 1. The third-order valence-electron chi connectivity index (χ3n) is 3.32. The fraction of sp³-hybridized carbons (Fsp3) is 0.200. The summed E-state index contributed by atoms with van der Waals surface area (Å²) in [6, 6.07) is 17.4. The number of para-hydroxylation sites is 1. The molecule has 5 heteroatoms. The van der Waals surface area contributed by atoms with Gasteiger partial charge in [-0.1, -0.05) is 47.7 Å². The maximum absolute atomic E-state index is 5.66. The lowest BCUT2D eigenvalue weighted by Crippen LogP contribution is -2.39. The summed E-state index contributed by atoms with van der Waals surface area (Å²) in [5.74, 6) is -1.13. The van der Waals surface area contributed by atoms with Gasteiger partial charge in [-0.15, -0.1) is 5.10 Å². The predicted octanol–water partition coefficient (Wildman–Crippen LogP) is 2.38. The lowest BCUT2D eigenvalue weighted by molar-refractivity contribution is -0.240. The van der Waals surface area contributed by atoms with Gasteiger partial charge in [0, 0.05) is 19.8 Å². The Morgan fingerprint density at radius 1 is 0.900 bits per heavy atom. The summed E-state index contributed by atoms with van der Waals surface area (Å²) in [7, 11) is 3.18. The molecule has 1 heterocycles. The first-order chi connectivity index (χ1) is 9.81. The fourth-order valence-electron chi connectivity index (χ4n) is 2.35. The van der Waals surface area contributed by atoms with Crippen molar-refractivity contribution >= 4 is 11.0 Å². The molecule has 2 aromatic carbocycles. The molecule has 0 bridgehead atoms. The van der Waals surface area contributed by atoms with Crippen LogP contribution in [0, 0.1) is 0 Å². The number of hydrogen-bond acceptors (Lipinski definition) is 4. The van der Waals surface area contributed by atoms with E-state index in [1.165, 1.54) is 0 Å². The van der Waals surface area contributed by atoms with Gasteiger partial charge in [0.05, 0.1) is 5.52 Å². The minimum Gasteiger partial charge on any atom is -0.331 e. The molecule has 0 N–H and O–H groups in total. The van der Waals surface area contributed by atoms with Crippen molar-refractivity contribution in [2.24, 2.45) is 0 Å².